The molecule has 25 heavy (non-hydrogen) atoms. The first-order valence-corrected chi connectivity index (χ1v) is 7.74. The molecule has 0 radical (unpaired) electrons. The third-order valence-corrected chi connectivity index (χ3v) is 4.26. The number of para-hydroxylation sites is 1. The van der Waals surface area contributed by atoms with E-state index in [4.69, 9.17) is 4.74 Å². The quantitative estimate of drug-likeness (QED) is 0.244. The highest BCUT2D eigenvalue weighted by molar-refractivity contribution is 7.18. The summed E-state index contributed by atoms with van der Waals surface area (Å²) in [4.78, 5) is 11.5. The molecule has 2 nitrogen and oxygen atoms in total. The van der Waals surface area contributed by atoms with Crippen LogP contribution >= 0.6 is 9.24 Å². The number of alkyl halides is 4. The number of carbonyl (C=O) groups is 1. The molecule has 2 unspecified atom stereocenters. The molecule has 0 amide bonds. The summed E-state index contributed by atoms with van der Waals surface area (Å²) in [5, 5.41) is -3.67. The van der Waals surface area contributed by atoms with E-state index in [1.54, 1.807) is 24.3 Å². The van der Waals surface area contributed by atoms with Gasteiger partial charge >= 0.3 is 6.18 Å². The van der Waals surface area contributed by atoms with E-state index in [9.17, 15) is 22.4 Å². The van der Waals surface area contributed by atoms with Crippen LogP contribution in [0.25, 0.3) is 11.6 Å². The third kappa shape index (κ3) is 3.90. The lowest BCUT2D eigenvalue weighted by atomic mass is 9.95. The second kappa shape index (κ2) is 7.36. The fourth-order valence-corrected chi connectivity index (χ4v) is 2.58. The molecule has 2 rings (SSSR count). The zero-order chi connectivity index (χ0) is 18.7. The van der Waals surface area contributed by atoms with E-state index in [-0.39, 0.29) is 11.1 Å². The number of allylic oxidation sites excluding steroid dienone is 1. The van der Waals surface area contributed by atoms with Crippen LogP contribution in [0.2, 0.25) is 0 Å². The van der Waals surface area contributed by atoms with Gasteiger partial charge < -0.3 is 4.74 Å². The molecule has 0 aliphatic carbocycles. The lowest BCUT2D eigenvalue weighted by molar-refractivity contribution is -0.199. The zero-order valence-corrected chi connectivity index (χ0v) is 14.3. The molecule has 0 aliphatic rings. The maximum absolute atomic E-state index is 14.4. The third-order valence-electron chi connectivity index (χ3n) is 3.62. The van der Waals surface area contributed by atoms with Crippen LogP contribution in [-0.4, -0.2) is 19.6 Å². The minimum absolute atomic E-state index is 0.0891. The molecular weight excluding hydrogens is 355 g/mol. The van der Waals surface area contributed by atoms with Crippen molar-refractivity contribution in [1.29, 1.82) is 0 Å². The second-order valence-corrected chi connectivity index (χ2v) is 6.01. The summed E-state index contributed by atoms with van der Waals surface area (Å²) in [6, 6.07) is 11.7. The maximum atomic E-state index is 14.4. The maximum Gasteiger partial charge on any atom is 0.430 e. The van der Waals surface area contributed by atoms with E-state index in [1.807, 2.05) is 0 Å². The Bertz CT molecular complexity index is 798. The topological polar surface area (TPSA) is 26.3 Å². The summed E-state index contributed by atoms with van der Waals surface area (Å²) < 4.78 is 58.9. The normalized spacial score (nSPS) is 14.7. The summed E-state index contributed by atoms with van der Waals surface area (Å²) in [5.74, 6) is 0.438. The Kier molecular flexibility index (Phi) is 5.63. The fourth-order valence-electron chi connectivity index (χ4n) is 2.33. The smallest absolute Gasteiger partial charge is 0.430 e. The largest absolute Gasteiger partial charge is 0.496 e. The highest BCUT2D eigenvalue weighted by Crippen LogP contribution is 2.49. The SMILES string of the molecule is COc1ccccc1/C=C(\C=O)c1ccccc1C(F)(P)C(F)(F)F. The highest BCUT2D eigenvalue weighted by atomic mass is 31.0. The number of halogens is 4. The van der Waals surface area contributed by atoms with Crippen LogP contribution in [0.3, 0.4) is 0 Å². The lowest BCUT2D eigenvalue weighted by Gasteiger charge is -2.26. The van der Waals surface area contributed by atoms with E-state index < -0.39 is 17.1 Å². The number of rotatable bonds is 5. The van der Waals surface area contributed by atoms with Crippen LogP contribution in [0.15, 0.2) is 48.5 Å². The average molecular weight is 370 g/mol. The van der Waals surface area contributed by atoms with E-state index in [2.05, 4.69) is 0 Å². The summed E-state index contributed by atoms with van der Waals surface area (Å²) in [5.41, 5.74) is -0.394. The Morgan fingerprint density at radius 2 is 1.64 bits per heavy atom. The monoisotopic (exact) mass is 370 g/mol. The van der Waals surface area contributed by atoms with Crippen molar-refractivity contribution in [2.45, 2.75) is 11.6 Å². The molecular formula is C18H15F4O2P. The molecule has 2 atom stereocenters. The fraction of sp³-hybridized carbons (Fsp3) is 0.167. The van der Waals surface area contributed by atoms with Crippen LogP contribution in [0.1, 0.15) is 16.7 Å². The van der Waals surface area contributed by atoms with Gasteiger partial charge in [-0.05, 0) is 17.7 Å². The van der Waals surface area contributed by atoms with Crippen molar-refractivity contribution >= 4 is 27.2 Å². The number of hydrogen-bond acceptors (Lipinski definition) is 2. The van der Waals surface area contributed by atoms with Crippen molar-refractivity contribution in [1.82, 2.24) is 0 Å². The van der Waals surface area contributed by atoms with Crippen molar-refractivity contribution < 1.29 is 27.1 Å². The minimum atomic E-state index is -5.15. The van der Waals surface area contributed by atoms with Crippen LogP contribution in [-0.2, 0) is 10.2 Å². The van der Waals surface area contributed by atoms with Gasteiger partial charge in [-0.3, -0.25) is 4.79 Å². The Labute approximate surface area is 144 Å². The zero-order valence-electron chi connectivity index (χ0n) is 13.2. The molecule has 0 bridgehead atoms. The van der Waals surface area contributed by atoms with E-state index in [1.165, 1.54) is 40.6 Å². The highest BCUT2D eigenvalue weighted by Gasteiger charge is 2.54. The van der Waals surface area contributed by atoms with E-state index >= 15 is 0 Å². The first-order valence-electron chi connectivity index (χ1n) is 7.16. The predicted octanol–water partition coefficient (Wildman–Crippen LogP) is 4.99. The Morgan fingerprint density at radius 1 is 1.04 bits per heavy atom. The van der Waals surface area contributed by atoms with Gasteiger partial charge in [0.25, 0.3) is 0 Å². The number of methoxy groups -OCH3 is 1. The number of benzene rings is 2. The first-order chi connectivity index (χ1) is 11.7. The number of hydrogen-bond donors (Lipinski definition) is 0. The molecule has 0 N–H and O–H groups in total. The van der Waals surface area contributed by atoms with Gasteiger partial charge in [0.15, 0.2) is 6.29 Å². The Balaban J connectivity index is 2.64. The van der Waals surface area contributed by atoms with Gasteiger partial charge in [0.05, 0.1) is 7.11 Å². The van der Waals surface area contributed by atoms with Gasteiger partial charge in [-0.25, -0.2) is 4.39 Å². The molecule has 0 aliphatic heterocycles. The van der Waals surface area contributed by atoms with Gasteiger partial charge in [-0.1, -0.05) is 51.7 Å². The molecule has 0 saturated carbocycles. The average Bonchev–Trinajstić information content (AvgIpc) is 2.59. The second-order valence-electron chi connectivity index (χ2n) is 5.21. The first kappa shape index (κ1) is 19.1. The molecule has 0 heterocycles. The Hall–Kier alpha value is -2.20. The lowest BCUT2D eigenvalue weighted by Crippen LogP contribution is -2.32. The van der Waals surface area contributed by atoms with Crippen molar-refractivity contribution in [3.05, 3.63) is 65.2 Å². The molecule has 0 fully saturated rings. The molecule has 2 aromatic rings. The molecule has 0 aromatic heterocycles. The van der Waals surface area contributed by atoms with Crippen LogP contribution in [0.4, 0.5) is 17.6 Å². The van der Waals surface area contributed by atoms with Crippen molar-refractivity contribution in [2.75, 3.05) is 7.11 Å². The predicted molar refractivity (Wildman–Crippen MR) is 91.9 cm³/mol. The molecule has 0 spiro atoms. The minimum Gasteiger partial charge on any atom is -0.496 e. The summed E-state index contributed by atoms with van der Waals surface area (Å²) in [7, 11) is 2.62. The standard InChI is InChI=1S/C18H15F4O2P/c1-24-16-9-5-2-6-12(16)10-13(11-23)14-7-3-4-8-15(14)17(19,25)18(20,21)22/h2-11H,25H2,1H3/b13-10+. The van der Waals surface area contributed by atoms with Crippen LogP contribution in [0.5, 0.6) is 5.75 Å². The number of ether oxygens (including phenoxy) is 1. The van der Waals surface area contributed by atoms with E-state index in [0.717, 1.165) is 6.07 Å². The van der Waals surface area contributed by atoms with Crippen LogP contribution in [0, 0.1) is 0 Å². The van der Waals surface area contributed by atoms with Gasteiger partial charge in [0, 0.05) is 16.7 Å². The van der Waals surface area contributed by atoms with Crippen molar-refractivity contribution in [3.8, 4) is 5.75 Å². The molecule has 2 aromatic carbocycles. The number of aldehydes is 1. The molecule has 7 heteroatoms. The summed E-state index contributed by atoms with van der Waals surface area (Å²) in [6.45, 7) is 0. The Morgan fingerprint density at radius 3 is 2.24 bits per heavy atom. The summed E-state index contributed by atoms with van der Waals surface area (Å²) >= 11 is 0. The van der Waals surface area contributed by atoms with Crippen molar-refractivity contribution in [2.24, 2.45) is 0 Å². The van der Waals surface area contributed by atoms with Crippen LogP contribution < -0.4 is 4.74 Å². The van der Waals surface area contributed by atoms with Gasteiger partial charge in [-0.15, -0.1) is 0 Å². The molecule has 0 saturated heterocycles. The van der Waals surface area contributed by atoms with E-state index in [0.29, 0.717) is 17.6 Å². The van der Waals surface area contributed by atoms with Crippen molar-refractivity contribution in [3.63, 3.8) is 0 Å². The van der Waals surface area contributed by atoms with Gasteiger partial charge in [-0.2, -0.15) is 13.2 Å². The molecule has 132 valence electrons. The van der Waals surface area contributed by atoms with Gasteiger partial charge in [0.1, 0.15) is 5.75 Å². The summed E-state index contributed by atoms with van der Waals surface area (Å²) in [6.07, 6.45) is -3.39. The number of carbonyl (C=O) groups excluding carboxylic acids is 1. The van der Waals surface area contributed by atoms with Gasteiger partial charge in [0.2, 0.25) is 5.41 Å².